The molecular formula is C13H18N4O. The monoisotopic (exact) mass is 246 g/mol. The van der Waals surface area contributed by atoms with E-state index in [4.69, 9.17) is 4.74 Å². The fourth-order valence-corrected chi connectivity index (χ4v) is 1.72. The van der Waals surface area contributed by atoms with Gasteiger partial charge in [-0.25, -0.2) is 9.97 Å². The second-order valence-corrected chi connectivity index (χ2v) is 4.21. The van der Waals surface area contributed by atoms with E-state index >= 15 is 0 Å². The van der Waals surface area contributed by atoms with Gasteiger partial charge in [-0.3, -0.25) is 0 Å². The molecule has 1 unspecified atom stereocenters. The zero-order valence-corrected chi connectivity index (χ0v) is 10.7. The van der Waals surface area contributed by atoms with Gasteiger partial charge < -0.3 is 14.6 Å². The zero-order chi connectivity index (χ0) is 12.8. The minimum Gasteiger partial charge on any atom is -0.481 e. The minimum atomic E-state index is 0.354. The Kier molecular flexibility index (Phi) is 4.30. The van der Waals surface area contributed by atoms with Crippen molar-refractivity contribution in [3.05, 3.63) is 42.6 Å². The first-order chi connectivity index (χ1) is 8.78. The van der Waals surface area contributed by atoms with E-state index in [9.17, 15) is 0 Å². The number of imidazole rings is 1. The van der Waals surface area contributed by atoms with Crippen LogP contribution in [-0.2, 0) is 13.1 Å². The van der Waals surface area contributed by atoms with Gasteiger partial charge >= 0.3 is 0 Å². The van der Waals surface area contributed by atoms with E-state index < -0.39 is 0 Å². The lowest BCUT2D eigenvalue weighted by Crippen LogP contribution is -2.29. The van der Waals surface area contributed by atoms with Gasteiger partial charge in [-0.1, -0.05) is 6.07 Å². The van der Waals surface area contributed by atoms with Crippen LogP contribution < -0.4 is 10.1 Å². The summed E-state index contributed by atoms with van der Waals surface area (Å²) in [6.45, 7) is 3.76. The summed E-state index contributed by atoms with van der Waals surface area (Å²) < 4.78 is 7.15. The van der Waals surface area contributed by atoms with Crippen LogP contribution in [0.25, 0.3) is 0 Å². The van der Waals surface area contributed by atoms with Crippen molar-refractivity contribution in [1.82, 2.24) is 19.9 Å². The Morgan fingerprint density at radius 2 is 2.33 bits per heavy atom. The Hall–Kier alpha value is -1.88. The quantitative estimate of drug-likeness (QED) is 0.838. The fraction of sp³-hybridized carbons (Fsp3) is 0.385. The van der Waals surface area contributed by atoms with E-state index in [1.807, 2.05) is 30.7 Å². The van der Waals surface area contributed by atoms with Crippen LogP contribution in [0, 0.1) is 0 Å². The van der Waals surface area contributed by atoms with Crippen LogP contribution in [0.2, 0.25) is 0 Å². The lowest BCUT2D eigenvalue weighted by atomic mass is 10.3. The van der Waals surface area contributed by atoms with Crippen molar-refractivity contribution in [3.8, 4) is 5.88 Å². The van der Waals surface area contributed by atoms with Gasteiger partial charge in [-0.05, 0) is 13.0 Å². The second-order valence-electron chi connectivity index (χ2n) is 4.21. The van der Waals surface area contributed by atoms with Crippen molar-refractivity contribution in [2.24, 2.45) is 0 Å². The first-order valence-corrected chi connectivity index (χ1v) is 5.97. The maximum atomic E-state index is 5.10. The molecule has 2 aromatic heterocycles. The summed E-state index contributed by atoms with van der Waals surface area (Å²) in [5.74, 6) is 0.650. The van der Waals surface area contributed by atoms with E-state index in [1.165, 1.54) is 0 Å². The Morgan fingerprint density at radius 3 is 3.06 bits per heavy atom. The van der Waals surface area contributed by atoms with Crippen LogP contribution in [0.4, 0.5) is 0 Å². The SMILES string of the molecule is COc1cccc(CNC(C)Cn2ccnc2)n1. The number of pyridine rings is 1. The van der Waals surface area contributed by atoms with E-state index in [0.717, 1.165) is 18.8 Å². The van der Waals surface area contributed by atoms with Crippen molar-refractivity contribution < 1.29 is 4.74 Å². The highest BCUT2D eigenvalue weighted by atomic mass is 16.5. The molecule has 0 bridgehead atoms. The van der Waals surface area contributed by atoms with Crippen LogP contribution in [0.5, 0.6) is 5.88 Å². The van der Waals surface area contributed by atoms with Crippen LogP contribution in [-0.4, -0.2) is 27.7 Å². The van der Waals surface area contributed by atoms with E-state index in [-0.39, 0.29) is 0 Å². The van der Waals surface area contributed by atoms with E-state index in [2.05, 4.69) is 26.8 Å². The van der Waals surface area contributed by atoms with E-state index in [1.54, 1.807) is 13.3 Å². The Labute approximate surface area is 107 Å². The number of hydrogen-bond acceptors (Lipinski definition) is 4. The summed E-state index contributed by atoms with van der Waals surface area (Å²) in [4.78, 5) is 8.38. The Balaban J connectivity index is 1.83. The third-order valence-electron chi connectivity index (χ3n) is 2.67. The van der Waals surface area contributed by atoms with Crippen molar-refractivity contribution in [3.63, 3.8) is 0 Å². The van der Waals surface area contributed by atoms with Crippen molar-refractivity contribution in [2.45, 2.75) is 26.1 Å². The van der Waals surface area contributed by atoms with Gasteiger partial charge in [0.25, 0.3) is 0 Å². The number of rotatable bonds is 6. The first kappa shape index (κ1) is 12.6. The lowest BCUT2D eigenvalue weighted by molar-refractivity contribution is 0.394. The standard InChI is InChI=1S/C13H18N4O/c1-11(9-17-7-6-14-10-17)15-8-12-4-3-5-13(16-12)18-2/h3-7,10-11,15H,8-9H2,1-2H3. The predicted molar refractivity (Wildman–Crippen MR) is 69.3 cm³/mol. The number of nitrogens with zero attached hydrogens (tertiary/aromatic N) is 3. The smallest absolute Gasteiger partial charge is 0.213 e. The average molecular weight is 246 g/mol. The second kappa shape index (κ2) is 6.16. The molecule has 0 amide bonds. The largest absolute Gasteiger partial charge is 0.481 e. The van der Waals surface area contributed by atoms with Gasteiger partial charge in [0.15, 0.2) is 0 Å². The topological polar surface area (TPSA) is 52.0 Å². The number of hydrogen-bond donors (Lipinski definition) is 1. The number of nitrogens with one attached hydrogen (secondary N) is 1. The molecule has 18 heavy (non-hydrogen) atoms. The molecule has 0 saturated carbocycles. The van der Waals surface area contributed by atoms with Crippen molar-refractivity contribution in [1.29, 1.82) is 0 Å². The summed E-state index contributed by atoms with van der Waals surface area (Å²) in [5.41, 5.74) is 0.979. The van der Waals surface area contributed by atoms with Gasteiger partial charge in [0.1, 0.15) is 0 Å². The normalized spacial score (nSPS) is 12.3. The molecule has 0 saturated heterocycles. The van der Waals surface area contributed by atoms with E-state index in [0.29, 0.717) is 11.9 Å². The number of aromatic nitrogens is 3. The maximum absolute atomic E-state index is 5.10. The molecule has 0 radical (unpaired) electrons. The molecule has 2 aromatic rings. The zero-order valence-electron chi connectivity index (χ0n) is 10.7. The van der Waals surface area contributed by atoms with Crippen LogP contribution in [0.1, 0.15) is 12.6 Å². The van der Waals surface area contributed by atoms with Gasteiger partial charge in [-0.15, -0.1) is 0 Å². The highest BCUT2D eigenvalue weighted by Crippen LogP contribution is 2.06. The molecule has 2 rings (SSSR count). The van der Waals surface area contributed by atoms with Crippen LogP contribution >= 0.6 is 0 Å². The fourth-order valence-electron chi connectivity index (χ4n) is 1.72. The molecular weight excluding hydrogens is 228 g/mol. The molecule has 5 heteroatoms. The van der Waals surface area contributed by atoms with Crippen LogP contribution in [0.15, 0.2) is 36.9 Å². The summed E-state index contributed by atoms with van der Waals surface area (Å²) in [5, 5.41) is 3.42. The highest BCUT2D eigenvalue weighted by molar-refractivity contribution is 5.15. The summed E-state index contributed by atoms with van der Waals surface area (Å²) in [7, 11) is 1.63. The molecule has 0 spiro atoms. The molecule has 5 nitrogen and oxygen atoms in total. The molecule has 0 aliphatic carbocycles. The summed E-state index contributed by atoms with van der Waals surface area (Å²) >= 11 is 0. The summed E-state index contributed by atoms with van der Waals surface area (Å²) in [6.07, 6.45) is 5.57. The lowest BCUT2D eigenvalue weighted by Gasteiger charge is -2.14. The predicted octanol–water partition coefficient (Wildman–Crippen LogP) is 1.46. The molecule has 1 atom stereocenters. The Morgan fingerprint density at radius 1 is 1.44 bits per heavy atom. The van der Waals surface area contributed by atoms with Gasteiger partial charge in [0.2, 0.25) is 5.88 Å². The number of ether oxygens (including phenoxy) is 1. The van der Waals surface area contributed by atoms with Gasteiger partial charge in [0, 0.05) is 37.6 Å². The molecule has 0 aromatic carbocycles. The molecule has 0 aliphatic heterocycles. The third-order valence-corrected chi connectivity index (χ3v) is 2.67. The number of methoxy groups -OCH3 is 1. The molecule has 0 aliphatic rings. The highest BCUT2D eigenvalue weighted by Gasteiger charge is 2.03. The molecule has 96 valence electrons. The Bertz CT molecular complexity index is 470. The third kappa shape index (κ3) is 3.56. The first-order valence-electron chi connectivity index (χ1n) is 5.97. The molecule has 2 heterocycles. The maximum Gasteiger partial charge on any atom is 0.213 e. The van der Waals surface area contributed by atoms with Gasteiger partial charge in [0.05, 0.1) is 19.1 Å². The van der Waals surface area contributed by atoms with Gasteiger partial charge in [-0.2, -0.15) is 0 Å². The summed E-state index contributed by atoms with van der Waals surface area (Å²) in [6, 6.07) is 6.13. The molecule has 1 N–H and O–H groups in total. The van der Waals surface area contributed by atoms with Crippen LogP contribution in [0.3, 0.4) is 0 Å². The minimum absolute atomic E-state index is 0.354. The van der Waals surface area contributed by atoms with Crippen molar-refractivity contribution in [2.75, 3.05) is 7.11 Å². The molecule has 0 fully saturated rings. The van der Waals surface area contributed by atoms with Crippen molar-refractivity contribution >= 4 is 0 Å². The average Bonchev–Trinajstić information content (AvgIpc) is 2.89.